The van der Waals surface area contributed by atoms with Crippen molar-refractivity contribution in [1.82, 2.24) is 5.16 Å². The Balaban J connectivity index is 2.22. The summed E-state index contributed by atoms with van der Waals surface area (Å²) >= 11 is 0. The molecular formula is C11H11NO2. The van der Waals surface area contributed by atoms with Crippen LogP contribution in [0.25, 0.3) is 11.3 Å². The normalized spacial score (nSPS) is 10.1. The topological polar surface area (TPSA) is 35.3 Å². The molecule has 0 unspecified atom stereocenters. The van der Waals surface area contributed by atoms with Gasteiger partial charge in [0, 0.05) is 11.6 Å². The second kappa shape index (κ2) is 3.96. The summed E-state index contributed by atoms with van der Waals surface area (Å²) < 4.78 is 10.4. The molecule has 0 aliphatic heterocycles. The maximum Gasteiger partial charge on any atom is 0.166 e. The summed E-state index contributed by atoms with van der Waals surface area (Å²) in [5.41, 5.74) is 1.01. The maximum absolute atomic E-state index is 5.33. The molecule has 0 N–H and O–H groups in total. The van der Waals surface area contributed by atoms with Crippen LogP contribution in [0.5, 0.6) is 5.75 Å². The van der Waals surface area contributed by atoms with Crippen LogP contribution in [0.2, 0.25) is 0 Å². The van der Waals surface area contributed by atoms with Crippen LogP contribution in [0.3, 0.4) is 0 Å². The molecule has 1 aromatic carbocycles. The second-order valence-corrected chi connectivity index (χ2v) is 2.83. The Morgan fingerprint density at radius 2 is 2.00 bits per heavy atom. The Morgan fingerprint density at radius 1 is 1.21 bits per heavy atom. The third-order valence-electron chi connectivity index (χ3n) is 1.89. The molecule has 2 rings (SSSR count). The van der Waals surface area contributed by atoms with Crippen LogP contribution in [0.4, 0.5) is 0 Å². The average Bonchev–Trinajstić information content (AvgIpc) is 2.72. The highest BCUT2D eigenvalue weighted by atomic mass is 16.5. The number of rotatable bonds is 3. The minimum Gasteiger partial charge on any atom is -0.494 e. The third-order valence-corrected chi connectivity index (χ3v) is 1.89. The van der Waals surface area contributed by atoms with Crippen LogP contribution in [0.1, 0.15) is 6.92 Å². The number of aromatic nitrogens is 1. The van der Waals surface area contributed by atoms with E-state index in [1.54, 1.807) is 6.20 Å². The number of hydrogen-bond donors (Lipinski definition) is 0. The zero-order chi connectivity index (χ0) is 9.80. The van der Waals surface area contributed by atoms with Crippen molar-refractivity contribution in [2.24, 2.45) is 0 Å². The summed E-state index contributed by atoms with van der Waals surface area (Å²) in [5, 5.41) is 3.65. The van der Waals surface area contributed by atoms with Gasteiger partial charge in [-0.1, -0.05) is 5.16 Å². The Hall–Kier alpha value is -1.77. The van der Waals surface area contributed by atoms with Gasteiger partial charge in [-0.25, -0.2) is 0 Å². The summed E-state index contributed by atoms with van der Waals surface area (Å²) in [7, 11) is 0. The summed E-state index contributed by atoms with van der Waals surface area (Å²) in [4.78, 5) is 0. The van der Waals surface area contributed by atoms with Gasteiger partial charge < -0.3 is 9.26 Å². The third kappa shape index (κ3) is 1.76. The number of ether oxygens (including phenoxy) is 1. The Labute approximate surface area is 82.3 Å². The molecule has 1 heterocycles. The molecule has 0 aliphatic carbocycles. The standard InChI is InChI=1S/C11H11NO2/c1-2-13-10-5-3-9(4-6-10)11-7-8-12-14-11/h3-8H,2H2,1H3. The quantitative estimate of drug-likeness (QED) is 0.744. The second-order valence-electron chi connectivity index (χ2n) is 2.83. The Bertz CT molecular complexity index is 378. The first-order chi connectivity index (χ1) is 6.90. The van der Waals surface area contributed by atoms with E-state index in [0.717, 1.165) is 17.1 Å². The van der Waals surface area contributed by atoms with E-state index in [-0.39, 0.29) is 0 Å². The van der Waals surface area contributed by atoms with Crippen molar-refractivity contribution < 1.29 is 9.26 Å². The molecule has 3 nitrogen and oxygen atoms in total. The van der Waals surface area contributed by atoms with E-state index in [9.17, 15) is 0 Å². The van der Waals surface area contributed by atoms with Crippen LogP contribution >= 0.6 is 0 Å². The molecule has 3 heteroatoms. The molecule has 72 valence electrons. The van der Waals surface area contributed by atoms with Crippen molar-refractivity contribution in [3.05, 3.63) is 36.5 Å². The molecule has 0 spiro atoms. The lowest BCUT2D eigenvalue weighted by Crippen LogP contribution is -1.90. The smallest absolute Gasteiger partial charge is 0.166 e. The highest BCUT2D eigenvalue weighted by Crippen LogP contribution is 2.21. The van der Waals surface area contributed by atoms with E-state index in [1.165, 1.54) is 0 Å². The van der Waals surface area contributed by atoms with Crippen molar-refractivity contribution in [1.29, 1.82) is 0 Å². The maximum atomic E-state index is 5.33. The molecule has 0 atom stereocenters. The SMILES string of the molecule is CCOc1ccc(-c2ccno2)cc1. The highest BCUT2D eigenvalue weighted by Gasteiger charge is 2.00. The number of benzene rings is 1. The van der Waals surface area contributed by atoms with Gasteiger partial charge in [0.1, 0.15) is 5.75 Å². The van der Waals surface area contributed by atoms with Gasteiger partial charge in [-0.05, 0) is 31.2 Å². The van der Waals surface area contributed by atoms with Crippen LogP contribution in [0, 0.1) is 0 Å². The van der Waals surface area contributed by atoms with E-state index >= 15 is 0 Å². The molecular weight excluding hydrogens is 178 g/mol. The van der Waals surface area contributed by atoms with Crippen LogP contribution < -0.4 is 4.74 Å². The highest BCUT2D eigenvalue weighted by molar-refractivity contribution is 5.57. The molecule has 0 bridgehead atoms. The summed E-state index contributed by atoms with van der Waals surface area (Å²) in [6.45, 7) is 2.64. The van der Waals surface area contributed by atoms with Gasteiger partial charge >= 0.3 is 0 Å². The van der Waals surface area contributed by atoms with Crippen molar-refractivity contribution in [2.75, 3.05) is 6.61 Å². The van der Waals surface area contributed by atoms with Crippen molar-refractivity contribution >= 4 is 0 Å². The van der Waals surface area contributed by atoms with Crippen molar-refractivity contribution in [3.8, 4) is 17.1 Å². The minimum absolute atomic E-state index is 0.682. The molecule has 2 aromatic rings. The van der Waals surface area contributed by atoms with E-state index in [1.807, 2.05) is 37.3 Å². The molecule has 0 saturated carbocycles. The van der Waals surface area contributed by atoms with Gasteiger partial charge in [-0.3, -0.25) is 0 Å². The van der Waals surface area contributed by atoms with Crippen LogP contribution in [-0.4, -0.2) is 11.8 Å². The monoisotopic (exact) mass is 189 g/mol. The molecule has 0 amide bonds. The lowest BCUT2D eigenvalue weighted by Gasteiger charge is -2.02. The fourth-order valence-corrected chi connectivity index (χ4v) is 1.25. The van der Waals surface area contributed by atoms with Gasteiger partial charge in [-0.15, -0.1) is 0 Å². The van der Waals surface area contributed by atoms with Gasteiger partial charge in [0.2, 0.25) is 0 Å². The molecule has 0 radical (unpaired) electrons. The zero-order valence-corrected chi connectivity index (χ0v) is 7.93. The van der Waals surface area contributed by atoms with E-state index in [2.05, 4.69) is 5.16 Å². The predicted octanol–water partition coefficient (Wildman–Crippen LogP) is 2.74. The molecule has 0 fully saturated rings. The number of hydrogen-bond acceptors (Lipinski definition) is 3. The Morgan fingerprint density at radius 3 is 2.57 bits per heavy atom. The van der Waals surface area contributed by atoms with Crippen LogP contribution in [-0.2, 0) is 0 Å². The van der Waals surface area contributed by atoms with Gasteiger partial charge in [0.15, 0.2) is 5.76 Å². The summed E-state index contributed by atoms with van der Waals surface area (Å²) in [6, 6.07) is 9.56. The largest absolute Gasteiger partial charge is 0.494 e. The molecule has 14 heavy (non-hydrogen) atoms. The molecule has 0 saturated heterocycles. The average molecular weight is 189 g/mol. The van der Waals surface area contributed by atoms with E-state index in [0.29, 0.717) is 6.61 Å². The first kappa shape index (κ1) is 8.81. The molecule has 1 aromatic heterocycles. The Kier molecular flexibility index (Phi) is 2.49. The zero-order valence-electron chi connectivity index (χ0n) is 7.93. The number of nitrogens with zero attached hydrogens (tertiary/aromatic N) is 1. The fourth-order valence-electron chi connectivity index (χ4n) is 1.25. The lowest BCUT2D eigenvalue weighted by molar-refractivity contribution is 0.340. The van der Waals surface area contributed by atoms with Gasteiger partial charge in [-0.2, -0.15) is 0 Å². The minimum atomic E-state index is 0.682. The van der Waals surface area contributed by atoms with Crippen LogP contribution in [0.15, 0.2) is 41.1 Å². The van der Waals surface area contributed by atoms with Gasteiger partial charge in [0.05, 0.1) is 12.8 Å². The van der Waals surface area contributed by atoms with Gasteiger partial charge in [0.25, 0.3) is 0 Å². The fraction of sp³-hybridized carbons (Fsp3) is 0.182. The van der Waals surface area contributed by atoms with E-state index < -0.39 is 0 Å². The molecule has 0 aliphatic rings. The summed E-state index contributed by atoms with van der Waals surface area (Å²) in [6.07, 6.45) is 1.63. The van der Waals surface area contributed by atoms with Crippen molar-refractivity contribution in [2.45, 2.75) is 6.92 Å². The predicted molar refractivity (Wildman–Crippen MR) is 53.1 cm³/mol. The summed E-state index contributed by atoms with van der Waals surface area (Å²) in [5.74, 6) is 1.64. The lowest BCUT2D eigenvalue weighted by atomic mass is 10.2. The van der Waals surface area contributed by atoms with E-state index in [4.69, 9.17) is 9.26 Å². The first-order valence-corrected chi connectivity index (χ1v) is 4.54. The first-order valence-electron chi connectivity index (χ1n) is 4.54. The van der Waals surface area contributed by atoms with Crippen molar-refractivity contribution in [3.63, 3.8) is 0 Å².